The van der Waals surface area contributed by atoms with Gasteiger partial charge >= 0.3 is 0 Å². The fourth-order valence-electron chi connectivity index (χ4n) is 11.7. The van der Waals surface area contributed by atoms with Gasteiger partial charge in [0, 0.05) is 73.7 Å². The zero-order chi connectivity index (χ0) is 55.5. The topological polar surface area (TPSA) is 64.5 Å². The van der Waals surface area contributed by atoms with Gasteiger partial charge in [0.25, 0.3) is 0 Å². The second kappa shape index (κ2) is 20.8. The van der Waals surface area contributed by atoms with E-state index in [1.165, 1.54) is 57.0 Å². The van der Waals surface area contributed by atoms with E-state index in [0.717, 1.165) is 83.4 Å². The molecule has 0 unspecified atom stereocenters. The zero-order valence-electron chi connectivity index (χ0n) is 45.2. The number of hydrogen-bond acceptors (Lipinski definition) is 7. The first kappa shape index (κ1) is 49.3. The number of benzene rings is 12. The number of rotatable bonds is 10. The Morgan fingerprint density at radius 3 is 1.12 bits per heavy atom. The van der Waals surface area contributed by atoms with Crippen LogP contribution in [-0.2, 0) is 0 Å². The van der Waals surface area contributed by atoms with Crippen molar-refractivity contribution in [1.29, 1.82) is 0 Å². The third-order valence-corrected chi connectivity index (χ3v) is 18.3. The third-order valence-electron chi connectivity index (χ3n) is 16.0. The van der Waals surface area contributed by atoms with Gasteiger partial charge in [-0.2, -0.15) is 0 Å². The minimum atomic E-state index is 0.600. The zero-order valence-corrected chi connectivity index (χ0v) is 46.8. The Bertz CT molecular complexity index is 5190. The molecule has 84 heavy (non-hydrogen) atoms. The van der Waals surface area contributed by atoms with E-state index >= 15 is 0 Å². The van der Waals surface area contributed by atoms with Crippen LogP contribution in [0.4, 0.5) is 0 Å². The lowest BCUT2D eigenvalue weighted by molar-refractivity contribution is 1.07. The average Bonchev–Trinajstić information content (AvgIpc) is 3.31. The maximum atomic E-state index is 5.37. The molecule has 12 aromatic carbocycles. The van der Waals surface area contributed by atoms with E-state index in [2.05, 4.69) is 249 Å². The molecule has 0 saturated heterocycles. The molecule has 5 nitrogen and oxygen atoms in total. The SMILES string of the molecule is c1ccc(-c2cc(-c3ccc(-c4ccc(-c5ccc6sc7ccccc7c6c5)cc4)c4ccccc34)nc(-c3ccc(-c4cccc(-c5nc(-c6ccccc6)nc(-c6cccc(-c7ccc8sc9ccccc9c8c7)c6)n5)c4)cc3)n2)cc1. The lowest BCUT2D eigenvalue weighted by Crippen LogP contribution is -2.00. The van der Waals surface area contributed by atoms with Crippen LogP contribution in [0.1, 0.15) is 0 Å². The Balaban J connectivity index is 0.722. The molecule has 4 aromatic heterocycles. The fourth-order valence-corrected chi connectivity index (χ4v) is 13.9. The highest BCUT2D eigenvalue weighted by Crippen LogP contribution is 2.41. The highest BCUT2D eigenvalue weighted by molar-refractivity contribution is 7.26. The van der Waals surface area contributed by atoms with Gasteiger partial charge in [0.2, 0.25) is 0 Å². The van der Waals surface area contributed by atoms with Crippen LogP contribution in [-0.4, -0.2) is 24.9 Å². The summed E-state index contributed by atoms with van der Waals surface area (Å²) < 4.78 is 5.21. The first-order valence-electron chi connectivity index (χ1n) is 28.1. The van der Waals surface area contributed by atoms with Crippen LogP contribution in [0.15, 0.2) is 285 Å². The van der Waals surface area contributed by atoms with E-state index in [0.29, 0.717) is 23.3 Å². The second-order valence-electron chi connectivity index (χ2n) is 21.1. The Kier molecular flexibility index (Phi) is 12.2. The van der Waals surface area contributed by atoms with Gasteiger partial charge in [-0.1, -0.05) is 231 Å². The largest absolute Gasteiger partial charge is 0.228 e. The summed E-state index contributed by atoms with van der Waals surface area (Å²) >= 11 is 3.68. The maximum absolute atomic E-state index is 5.37. The Morgan fingerprint density at radius 1 is 0.179 bits per heavy atom. The van der Waals surface area contributed by atoms with E-state index in [1.807, 2.05) is 59.1 Å². The third kappa shape index (κ3) is 9.09. The molecule has 0 amide bonds. The summed E-state index contributed by atoms with van der Waals surface area (Å²) in [4.78, 5) is 26.0. The van der Waals surface area contributed by atoms with Crippen molar-refractivity contribution in [3.05, 3.63) is 285 Å². The molecule has 0 spiro atoms. The molecule has 0 aliphatic rings. The summed E-state index contributed by atoms with van der Waals surface area (Å²) in [6, 6.07) is 101. The van der Waals surface area contributed by atoms with Crippen molar-refractivity contribution in [3.63, 3.8) is 0 Å². The van der Waals surface area contributed by atoms with E-state index in [9.17, 15) is 0 Å². The van der Waals surface area contributed by atoms with Crippen LogP contribution < -0.4 is 0 Å². The Hall–Kier alpha value is -10.6. The van der Waals surface area contributed by atoms with E-state index in [4.69, 9.17) is 24.9 Å². The Labute approximate surface area is 493 Å². The molecule has 0 bridgehead atoms. The first-order valence-corrected chi connectivity index (χ1v) is 29.7. The summed E-state index contributed by atoms with van der Waals surface area (Å²) in [5.74, 6) is 2.48. The van der Waals surface area contributed by atoms with Crippen LogP contribution in [0.3, 0.4) is 0 Å². The number of fused-ring (bicyclic) bond motifs is 7. The molecule has 4 heterocycles. The van der Waals surface area contributed by atoms with E-state index in [1.54, 1.807) is 0 Å². The predicted molar refractivity (Wildman–Crippen MR) is 353 cm³/mol. The summed E-state index contributed by atoms with van der Waals surface area (Å²) in [6.45, 7) is 0. The smallest absolute Gasteiger partial charge is 0.164 e. The fraction of sp³-hybridized carbons (Fsp3) is 0. The van der Waals surface area contributed by atoms with Gasteiger partial charge in [-0.15, -0.1) is 22.7 Å². The number of aromatic nitrogens is 5. The molecular weight excluding hydrogens is 1060 g/mol. The normalized spacial score (nSPS) is 11.6. The highest BCUT2D eigenvalue weighted by atomic mass is 32.1. The van der Waals surface area contributed by atoms with Crippen molar-refractivity contribution in [2.24, 2.45) is 0 Å². The first-order chi connectivity index (χ1) is 41.6. The van der Waals surface area contributed by atoms with Gasteiger partial charge in [-0.05, 0) is 110 Å². The molecule has 7 heteroatoms. The minimum absolute atomic E-state index is 0.600. The van der Waals surface area contributed by atoms with Crippen LogP contribution in [0.2, 0.25) is 0 Å². The number of thiophene rings is 2. The molecule has 0 aliphatic carbocycles. The van der Waals surface area contributed by atoms with Gasteiger partial charge < -0.3 is 0 Å². The van der Waals surface area contributed by atoms with Crippen LogP contribution in [0.25, 0.3) is 164 Å². The van der Waals surface area contributed by atoms with Crippen molar-refractivity contribution in [2.45, 2.75) is 0 Å². The molecule has 0 saturated carbocycles. The van der Waals surface area contributed by atoms with Crippen LogP contribution in [0, 0.1) is 0 Å². The highest BCUT2D eigenvalue weighted by Gasteiger charge is 2.18. The van der Waals surface area contributed by atoms with Crippen molar-refractivity contribution in [1.82, 2.24) is 24.9 Å². The number of hydrogen-bond donors (Lipinski definition) is 0. The van der Waals surface area contributed by atoms with Gasteiger partial charge in [0.1, 0.15) is 0 Å². The average molecular weight is 1110 g/mol. The Morgan fingerprint density at radius 2 is 0.536 bits per heavy atom. The van der Waals surface area contributed by atoms with Gasteiger partial charge in [-0.25, -0.2) is 24.9 Å². The monoisotopic (exact) mass is 1110 g/mol. The molecule has 0 fully saturated rings. The van der Waals surface area contributed by atoms with E-state index < -0.39 is 0 Å². The van der Waals surface area contributed by atoms with Gasteiger partial charge in [0.05, 0.1) is 11.4 Å². The molecule has 0 aliphatic heterocycles. The summed E-state index contributed by atoms with van der Waals surface area (Å²) in [6.07, 6.45) is 0. The summed E-state index contributed by atoms with van der Waals surface area (Å²) in [5, 5.41) is 7.46. The lowest BCUT2D eigenvalue weighted by Gasteiger charge is -2.14. The molecule has 16 aromatic rings. The molecule has 0 radical (unpaired) electrons. The van der Waals surface area contributed by atoms with Crippen molar-refractivity contribution < 1.29 is 0 Å². The summed E-state index contributed by atoms with van der Waals surface area (Å²) in [5.41, 5.74) is 16.5. The van der Waals surface area contributed by atoms with Crippen LogP contribution >= 0.6 is 22.7 Å². The quantitative estimate of drug-likeness (QED) is 0.137. The van der Waals surface area contributed by atoms with Crippen LogP contribution in [0.5, 0.6) is 0 Å². The number of nitrogens with zero attached hydrogens (tertiary/aromatic N) is 5. The molecule has 392 valence electrons. The molecule has 16 rings (SSSR count). The minimum Gasteiger partial charge on any atom is -0.228 e. The van der Waals surface area contributed by atoms with E-state index in [-0.39, 0.29) is 0 Å². The molecule has 0 atom stereocenters. The van der Waals surface area contributed by atoms with Crippen molar-refractivity contribution in [3.8, 4) is 113 Å². The maximum Gasteiger partial charge on any atom is 0.164 e. The molecular formula is C77H47N5S2. The standard InChI is InChI=1S/C77H47N5S2/c1-3-15-51(16-4-1)68-47-69(63-40-39-60(61-23-7-8-24-62(61)63)50-33-29-49(30-34-50)56-37-41-72-66(45-56)64-25-9-11-27-70(64)83-72)79-74(78-68)53-35-31-48(32-36-53)54-19-13-21-58(43-54)76-80-75(52-17-5-2-6-18-52)81-77(82-76)59-22-14-20-55(44-59)57-38-42-73-67(46-57)65-26-10-12-28-71(65)84-73/h1-47H. The van der Waals surface area contributed by atoms with Gasteiger partial charge in [-0.3, -0.25) is 0 Å². The van der Waals surface area contributed by atoms with Crippen molar-refractivity contribution >= 4 is 73.8 Å². The second-order valence-corrected chi connectivity index (χ2v) is 23.3. The predicted octanol–water partition coefficient (Wildman–Crippen LogP) is 21.2. The van der Waals surface area contributed by atoms with Gasteiger partial charge in [0.15, 0.2) is 23.3 Å². The lowest BCUT2D eigenvalue weighted by atomic mass is 9.92. The molecule has 0 N–H and O–H groups in total. The van der Waals surface area contributed by atoms with Crippen molar-refractivity contribution in [2.75, 3.05) is 0 Å². The summed E-state index contributed by atoms with van der Waals surface area (Å²) in [7, 11) is 0.